The topological polar surface area (TPSA) is 78.6 Å². The minimum atomic E-state index is -0.564. The van der Waals surface area contributed by atoms with Gasteiger partial charge >= 0.3 is 11.9 Å². The molecule has 1 atom stereocenters. The second-order valence-electron chi connectivity index (χ2n) is 3.09. The molecule has 6 heteroatoms. The van der Waals surface area contributed by atoms with Gasteiger partial charge < -0.3 is 15.2 Å². The van der Waals surface area contributed by atoms with Crippen LogP contribution in [0.25, 0.3) is 0 Å². The van der Waals surface area contributed by atoms with Crippen molar-refractivity contribution >= 4 is 23.7 Å². The van der Waals surface area contributed by atoms with Gasteiger partial charge in [-0.25, -0.2) is 0 Å². The van der Waals surface area contributed by atoms with Crippen LogP contribution in [0.15, 0.2) is 0 Å². The number of carbonyl (C=O) groups is 2. The fourth-order valence-corrected chi connectivity index (χ4v) is 1.87. The first-order valence-corrected chi connectivity index (χ1v) is 6.34. The van der Waals surface area contributed by atoms with Crippen molar-refractivity contribution in [3.05, 3.63) is 0 Å². The Kier molecular flexibility index (Phi) is 9.03. The molecule has 0 radical (unpaired) electrons. The molecule has 0 aliphatic rings. The van der Waals surface area contributed by atoms with E-state index < -0.39 is 6.04 Å². The molecule has 0 aromatic rings. The predicted molar refractivity (Wildman–Crippen MR) is 63.2 cm³/mol. The lowest BCUT2D eigenvalue weighted by Gasteiger charge is -2.09. The number of thioether (sulfide) groups is 1. The molecule has 0 aliphatic carbocycles. The van der Waals surface area contributed by atoms with Gasteiger partial charge in [-0.2, -0.15) is 11.8 Å². The Morgan fingerprint density at radius 2 is 2.06 bits per heavy atom. The van der Waals surface area contributed by atoms with Crippen LogP contribution in [0.3, 0.4) is 0 Å². The van der Waals surface area contributed by atoms with Crippen LogP contribution in [-0.2, 0) is 19.1 Å². The van der Waals surface area contributed by atoms with Gasteiger partial charge in [-0.15, -0.1) is 0 Å². The summed E-state index contributed by atoms with van der Waals surface area (Å²) in [6.07, 6.45) is 0.945. The monoisotopic (exact) mass is 249 g/mol. The molecule has 0 fully saturated rings. The van der Waals surface area contributed by atoms with E-state index in [0.29, 0.717) is 25.2 Å². The maximum atomic E-state index is 11.1. The van der Waals surface area contributed by atoms with Crippen molar-refractivity contribution in [1.29, 1.82) is 0 Å². The van der Waals surface area contributed by atoms with Crippen LogP contribution in [0, 0.1) is 0 Å². The SMILES string of the molecule is CCOC(=O)C(N)CCSCCC(=O)OC. The number of nitrogens with two attached hydrogens (primary N) is 1. The fourth-order valence-electron chi connectivity index (χ4n) is 0.937. The van der Waals surface area contributed by atoms with Crippen molar-refractivity contribution in [1.82, 2.24) is 0 Å². The highest BCUT2D eigenvalue weighted by atomic mass is 32.2. The molecule has 0 saturated heterocycles. The molecule has 94 valence electrons. The predicted octanol–water partition coefficient (Wildman–Crippen LogP) is 0.563. The first-order valence-electron chi connectivity index (χ1n) is 5.18. The summed E-state index contributed by atoms with van der Waals surface area (Å²) in [5.41, 5.74) is 5.59. The van der Waals surface area contributed by atoms with Crippen molar-refractivity contribution in [3.8, 4) is 0 Å². The summed E-state index contributed by atoms with van der Waals surface area (Å²) in [6, 6.07) is -0.564. The van der Waals surface area contributed by atoms with Crippen molar-refractivity contribution in [2.45, 2.75) is 25.8 Å². The van der Waals surface area contributed by atoms with Crippen molar-refractivity contribution in [2.24, 2.45) is 5.73 Å². The molecule has 1 unspecified atom stereocenters. The molecule has 0 aliphatic heterocycles. The lowest BCUT2D eigenvalue weighted by atomic mass is 10.2. The van der Waals surface area contributed by atoms with Gasteiger partial charge in [0.15, 0.2) is 0 Å². The first-order chi connectivity index (χ1) is 7.61. The molecule has 5 nitrogen and oxygen atoms in total. The Morgan fingerprint density at radius 1 is 1.38 bits per heavy atom. The lowest BCUT2D eigenvalue weighted by Crippen LogP contribution is -2.32. The van der Waals surface area contributed by atoms with E-state index in [0.717, 1.165) is 5.75 Å². The second kappa shape index (κ2) is 9.47. The van der Waals surface area contributed by atoms with Crippen molar-refractivity contribution in [3.63, 3.8) is 0 Å². The number of ether oxygens (including phenoxy) is 2. The Morgan fingerprint density at radius 3 is 2.62 bits per heavy atom. The summed E-state index contributed by atoms with van der Waals surface area (Å²) in [5.74, 6) is 0.831. The third-order valence-electron chi connectivity index (χ3n) is 1.84. The normalized spacial score (nSPS) is 11.9. The van der Waals surface area contributed by atoms with E-state index in [2.05, 4.69) is 4.74 Å². The maximum absolute atomic E-state index is 11.1. The molecule has 0 amide bonds. The highest BCUT2D eigenvalue weighted by Crippen LogP contribution is 2.07. The summed E-state index contributed by atoms with van der Waals surface area (Å²) < 4.78 is 9.27. The molecule has 16 heavy (non-hydrogen) atoms. The minimum Gasteiger partial charge on any atom is -0.469 e. The van der Waals surface area contributed by atoms with Gasteiger partial charge in [0.2, 0.25) is 0 Å². The van der Waals surface area contributed by atoms with E-state index in [4.69, 9.17) is 10.5 Å². The number of hydrogen-bond donors (Lipinski definition) is 1. The first kappa shape index (κ1) is 15.2. The van der Waals surface area contributed by atoms with E-state index in [1.807, 2.05) is 0 Å². The largest absolute Gasteiger partial charge is 0.469 e. The van der Waals surface area contributed by atoms with Gasteiger partial charge in [-0.1, -0.05) is 0 Å². The standard InChI is InChI=1S/C10H19NO4S/c1-3-15-10(13)8(11)4-6-16-7-5-9(12)14-2/h8H,3-7,11H2,1-2H3. The third-order valence-corrected chi connectivity index (χ3v) is 2.86. The molecular formula is C10H19NO4S. The number of carbonyl (C=O) groups excluding carboxylic acids is 2. The number of esters is 2. The van der Waals surface area contributed by atoms with Gasteiger partial charge in [-0.05, 0) is 19.1 Å². The summed E-state index contributed by atoms with van der Waals surface area (Å²) in [4.78, 5) is 21.9. The molecule has 0 rings (SSSR count). The maximum Gasteiger partial charge on any atom is 0.322 e. The van der Waals surface area contributed by atoms with E-state index in [1.54, 1.807) is 18.7 Å². The highest BCUT2D eigenvalue weighted by molar-refractivity contribution is 7.99. The van der Waals surface area contributed by atoms with Crippen LogP contribution in [0.4, 0.5) is 0 Å². The third kappa shape index (κ3) is 7.53. The molecule has 0 heterocycles. The van der Waals surface area contributed by atoms with Gasteiger partial charge in [0.1, 0.15) is 6.04 Å². The smallest absolute Gasteiger partial charge is 0.322 e. The zero-order valence-corrected chi connectivity index (χ0v) is 10.5. The van der Waals surface area contributed by atoms with Crippen molar-refractivity contribution in [2.75, 3.05) is 25.2 Å². The zero-order chi connectivity index (χ0) is 12.4. The summed E-state index contributed by atoms with van der Waals surface area (Å²) in [5, 5.41) is 0. The molecule has 0 aromatic carbocycles. The van der Waals surface area contributed by atoms with E-state index in [9.17, 15) is 9.59 Å². The summed E-state index contributed by atoms with van der Waals surface area (Å²) >= 11 is 1.57. The Labute approximate surface area is 100 Å². The minimum absolute atomic E-state index is 0.220. The quantitative estimate of drug-likeness (QED) is 0.500. The van der Waals surface area contributed by atoms with Gasteiger partial charge in [0.05, 0.1) is 20.1 Å². The number of rotatable bonds is 8. The van der Waals surface area contributed by atoms with Crippen LogP contribution >= 0.6 is 11.8 Å². The van der Waals surface area contributed by atoms with Crippen LogP contribution in [0.2, 0.25) is 0 Å². The summed E-state index contributed by atoms with van der Waals surface area (Å²) in [7, 11) is 1.36. The molecule has 0 spiro atoms. The Bertz CT molecular complexity index is 223. The zero-order valence-electron chi connectivity index (χ0n) is 9.73. The number of methoxy groups -OCH3 is 1. The highest BCUT2D eigenvalue weighted by Gasteiger charge is 2.13. The van der Waals surface area contributed by atoms with Crippen LogP contribution < -0.4 is 5.73 Å². The van der Waals surface area contributed by atoms with Crippen LogP contribution in [-0.4, -0.2) is 43.2 Å². The number of hydrogen-bond acceptors (Lipinski definition) is 6. The molecule has 0 aromatic heterocycles. The molecule has 0 saturated carbocycles. The second-order valence-corrected chi connectivity index (χ2v) is 4.31. The van der Waals surface area contributed by atoms with E-state index in [1.165, 1.54) is 7.11 Å². The summed E-state index contributed by atoms with van der Waals surface area (Å²) in [6.45, 7) is 2.09. The average molecular weight is 249 g/mol. The van der Waals surface area contributed by atoms with Crippen LogP contribution in [0.5, 0.6) is 0 Å². The van der Waals surface area contributed by atoms with Crippen LogP contribution in [0.1, 0.15) is 19.8 Å². The van der Waals surface area contributed by atoms with E-state index >= 15 is 0 Å². The molecular weight excluding hydrogens is 230 g/mol. The Balaban J connectivity index is 3.44. The Hall–Kier alpha value is -0.750. The van der Waals surface area contributed by atoms with E-state index in [-0.39, 0.29) is 11.9 Å². The van der Waals surface area contributed by atoms with Gasteiger partial charge in [0.25, 0.3) is 0 Å². The van der Waals surface area contributed by atoms with Gasteiger partial charge in [-0.3, -0.25) is 9.59 Å². The average Bonchev–Trinajstić information content (AvgIpc) is 2.28. The van der Waals surface area contributed by atoms with Gasteiger partial charge in [0, 0.05) is 5.75 Å². The fraction of sp³-hybridized carbons (Fsp3) is 0.800. The lowest BCUT2D eigenvalue weighted by molar-refractivity contribution is -0.144. The van der Waals surface area contributed by atoms with Crippen molar-refractivity contribution < 1.29 is 19.1 Å². The molecule has 2 N–H and O–H groups in total. The molecule has 0 bridgehead atoms.